The molecule has 13 heteroatoms. The molecule has 0 spiro atoms. The van der Waals surface area contributed by atoms with Gasteiger partial charge in [-0.15, -0.1) is 0 Å². The Bertz CT molecular complexity index is 1380. The molecule has 0 aliphatic heterocycles. The van der Waals surface area contributed by atoms with Gasteiger partial charge in [0.05, 0.1) is 20.4 Å². The number of rotatable bonds is 6. The highest BCUT2D eigenvalue weighted by Crippen LogP contribution is 2.32. The standard InChI is InChI=1S/C18H14Cl2N2O6S3/c19-13-3-1-5-17(11-13)30(25,26)22(15-7-9-16(10-8-15)29(21,23)24)31(27,28)18-6-2-4-14(20)12-18/h1-12H,(H2,21,23,24). The van der Waals surface area contributed by atoms with Gasteiger partial charge in [-0.05, 0) is 60.7 Å². The van der Waals surface area contributed by atoms with Crippen molar-refractivity contribution in [3.63, 3.8) is 0 Å². The van der Waals surface area contributed by atoms with E-state index in [0.29, 0.717) is 0 Å². The van der Waals surface area contributed by atoms with Gasteiger partial charge < -0.3 is 0 Å². The summed E-state index contributed by atoms with van der Waals surface area (Å²) in [6.07, 6.45) is 0. The summed E-state index contributed by atoms with van der Waals surface area (Å²) in [4.78, 5) is -1.10. The number of primary sulfonamides is 1. The third-order valence-electron chi connectivity index (χ3n) is 4.00. The Morgan fingerprint density at radius 2 is 1.03 bits per heavy atom. The zero-order chi connectivity index (χ0) is 23.0. The van der Waals surface area contributed by atoms with Crippen molar-refractivity contribution in [2.45, 2.75) is 14.7 Å². The van der Waals surface area contributed by atoms with Crippen LogP contribution in [0.3, 0.4) is 0 Å². The fraction of sp³-hybridized carbons (Fsp3) is 0. The second-order valence-electron chi connectivity index (χ2n) is 6.16. The lowest BCUT2D eigenvalue weighted by molar-refractivity contribution is 0.584. The van der Waals surface area contributed by atoms with Crippen LogP contribution in [0, 0.1) is 0 Å². The quantitative estimate of drug-likeness (QED) is 0.530. The molecule has 0 saturated carbocycles. The van der Waals surface area contributed by atoms with Crippen LogP contribution in [0.1, 0.15) is 0 Å². The number of sulfonamides is 3. The number of benzene rings is 3. The van der Waals surface area contributed by atoms with Crippen molar-refractivity contribution in [3.8, 4) is 0 Å². The van der Waals surface area contributed by atoms with E-state index < -0.39 is 30.1 Å². The molecule has 164 valence electrons. The minimum atomic E-state index is -4.71. The first kappa shape index (κ1) is 23.5. The molecule has 3 aromatic carbocycles. The van der Waals surface area contributed by atoms with Crippen LogP contribution in [0.25, 0.3) is 0 Å². The van der Waals surface area contributed by atoms with Gasteiger partial charge in [0.2, 0.25) is 10.0 Å². The fourth-order valence-electron chi connectivity index (χ4n) is 2.61. The van der Waals surface area contributed by atoms with E-state index in [9.17, 15) is 25.3 Å². The predicted octanol–water partition coefficient (Wildman–Crippen LogP) is 3.23. The maximum Gasteiger partial charge on any atom is 0.277 e. The summed E-state index contributed by atoms with van der Waals surface area (Å²) in [7, 11) is -13.5. The maximum atomic E-state index is 13.4. The molecule has 0 radical (unpaired) electrons. The van der Waals surface area contributed by atoms with Crippen LogP contribution in [-0.2, 0) is 30.1 Å². The van der Waals surface area contributed by atoms with Crippen LogP contribution < -0.4 is 8.85 Å². The summed E-state index contributed by atoms with van der Waals surface area (Å²) in [6.45, 7) is 0. The molecule has 3 aromatic rings. The minimum Gasteiger partial charge on any atom is -0.225 e. The Hall–Kier alpha value is -2.15. The zero-order valence-electron chi connectivity index (χ0n) is 15.4. The van der Waals surface area contributed by atoms with Crippen molar-refractivity contribution in [1.29, 1.82) is 0 Å². The summed E-state index contributed by atoms with van der Waals surface area (Å²) < 4.78 is 76.8. The third-order valence-corrected chi connectivity index (χ3v) is 9.57. The molecule has 0 amide bonds. The molecule has 31 heavy (non-hydrogen) atoms. The number of hydrogen-bond acceptors (Lipinski definition) is 6. The van der Waals surface area contributed by atoms with Gasteiger partial charge in [-0.25, -0.2) is 30.4 Å². The van der Waals surface area contributed by atoms with Crippen molar-refractivity contribution in [2.75, 3.05) is 3.71 Å². The minimum absolute atomic E-state index is 0.0748. The Morgan fingerprint density at radius 1 is 0.613 bits per heavy atom. The molecule has 0 saturated heterocycles. The van der Waals surface area contributed by atoms with Crippen molar-refractivity contribution in [3.05, 3.63) is 82.8 Å². The maximum absolute atomic E-state index is 13.4. The SMILES string of the molecule is NS(=O)(=O)c1ccc(N(S(=O)(=O)c2cccc(Cl)c2)S(=O)(=O)c2cccc(Cl)c2)cc1. The third kappa shape index (κ3) is 4.86. The van der Waals surface area contributed by atoms with Gasteiger partial charge in [0.15, 0.2) is 0 Å². The Morgan fingerprint density at radius 3 is 1.39 bits per heavy atom. The van der Waals surface area contributed by atoms with Gasteiger partial charge >= 0.3 is 0 Å². The molecule has 0 heterocycles. The predicted molar refractivity (Wildman–Crippen MR) is 118 cm³/mol. The average molecular weight is 521 g/mol. The number of nitrogens with two attached hydrogens (primary N) is 1. The van der Waals surface area contributed by atoms with E-state index in [2.05, 4.69) is 0 Å². The van der Waals surface area contributed by atoms with Crippen LogP contribution in [0.2, 0.25) is 10.0 Å². The van der Waals surface area contributed by atoms with Gasteiger partial charge in [0.25, 0.3) is 20.0 Å². The molecule has 0 unspecified atom stereocenters. The number of halogens is 2. The summed E-state index contributed by atoms with van der Waals surface area (Å²) in [5.41, 5.74) is -0.340. The summed E-state index contributed by atoms with van der Waals surface area (Å²) in [6, 6.07) is 14.1. The Balaban J connectivity index is 2.29. The van der Waals surface area contributed by atoms with Gasteiger partial charge in [-0.3, -0.25) is 0 Å². The highest BCUT2D eigenvalue weighted by Gasteiger charge is 2.37. The fourth-order valence-corrected chi connectivity index (χ4v) is 7.42. The molecule has 0 atom stereocenters. The first-order chi connectivity index (χ1) is 14.3. The summed E-state index contributed by atoms with van der Waals surface area (Å²) in [5, 5.41) is 5.21. The van der Waals surface area contributed by atoms with Crippen LogP contribution in [-0.4, -0.2) is 25.3 Å². The van der Waals surface area contributed by atoms with Crippen LogP contribution in [0.5, 0.6) is 0 Å². The monoisotopic (exact) mass is 520 g/mol. The molecule has 3 rings (SSSR count). The second-order valence-corrected chi connectivity index (χ2v) is 12.4. The van der Waals surface area contributed by atoms with Crippen molar-refractivity contribution < 1.29 is 25.3 Å². The molecule has 0 aliphatic carbocycles. The summed E-state index contributed by atoms with van der Waals surface area (Å²) in [5.74, 6) is 0. The van der Waals surface area contributed by atoms with Crippen molar-refractivity contribution in [1.82, 2.24) is 0 Å². The lowest BCUT2D eigenvalue weighted by Crippen LogP contribution is -2.37. The Kier molecular flexibility index (Phi) is 6.38. The molecule has 0 aliphatic rings. The molecular formula is C18H14Cl2N2O6S3. The van der Waals surface area contributed by atoms with Crippen molar-refractivity contribution >= 4 is 59.0 Å². The van der Waals surface area contributed by atoms with Crippen LogP contribution in [0.4, 0.5) is 5.69 Å². The Labute approximate surface area is 190 Å². The molecule has 0 fully saturated rings. The van der Waals surface area contributed by atoms with Gasteiger partial charge in [0.1, 0.15) is 0 Å². The van der Waals surface area contributed by atoms with E-state index in [1.54, 1.807) is 0 Å². The summed E-state index contributed by atoms with van der Waals surface area (Å²) >= 11 is 11.8. The van der Waals surface area contributed by atoms with E-state index in [0.717, 1.165) is 36.4 Å². The van der Waals surface area contributed by atoms with Crippen LogP contribution >= 0.6 is 23.2 Å². The number of anilines is 1. The van der Waals surface area contributed by atoms with Crippen LogP contribution in [0.15, 0.2) is 87.5 Å². The van der Waals surface area contributed by atoms with E-state index in [1.807, 2.05) is 0 Å². The topological polar surface area (TPSA) is 132 Å². The van der Waals surface area contributed by atoms with Gasteiger partial charge in [-0.2, -0.15) is 3.71 Å². The lowest BCUT2D eigenvalue weighted by Gasteiger charge is -2.24. The van der Waals surface area contributed by atoms with E-state index >= 15 is 0 Å². The van der Waals surface area contributed by atoms with Gasteiger partial charge in [0, 0.05) is 10.0 Å². The highest BCUT2D eigenvalue weighted by atomic mass is 35.5. The normalized spacial score (nSPS) is 12.5. The highest BCUT2D eigenvalue weighted by molar-refractivity contribution is 8.10. The molecule has 0 aromatic heterocycles. The lowest BCUT2D eigenvalue weighted by atomic mass is 10.3. The second kappa shape index (κ2) is 8.41. The molecule has 0 bridgehead atoms. The van der Waals surface area contributed by atoms with E-state index in [4.69, 9.17) is 28.3 Å². The van der Waals surface area contributed by atoms with Crippen molar-refractivity contribution in [2.24, 2.45) is 5.14 Å². The first-order valence-corrected chi connectivity index (χ1v) is 13.5. The zero-order valence-corrected chi connectivity index (χ0v) is 19.3. The first-order valence-electron chi connectivity index (χ1n) is 8.28. The van der Waals surface area contributed by atoms with E-state index in [1.165, 1.54) is 36.4 Å². The molecule has 2 N–H and O–H groups in total. The molecular weight excluding hydrogens is 507 g/mol. The number of nitrogens with zero attached hydrogens (tertiary/aromatic N) is 1. The smallest absolute Gasteiger partial charge is 0.225 e. The van der Waals surface area contributed by atoms with E-state index in [-0.39, 0.29) is 34.1 Å². The largest absolute Gasteiger partial charge is 0.277 e. The molecule has 8 nitrogen and oxygen atoms in total. The van der Waals surface area contributed by atoms with Gasteiger partial charge in [-0.1, -0.05) is 35.3 Å². The average Bonchev–Trinajstić information content (AvgIpc) is 2.67. The number of hydrogen-bond donors (Lipinski definition) is 1.